The van der Waals surface area contributed by atoms with Gasteiger partial charge in [0, 0.05) is 16.8 Å². The minimum Gasteiger partial charge on any atom is -0.350 e. The van der Waals surface area contributed by atoms with Gasteiger partial charge in [0.2, 0.25) is 0 Å². The Kier molecular flexibility index (Phi) is 4.31. The number of aromatic nitrogens is 1. The number of alkyl halides is 1. The number of hydrogen-bond acceptors (Lipinski definition) is 2. The first-order chi connectivity index (χ1) is 8.70. The number of nitrogens with one attached hydrogen (secondary N) is 1. The van der Waals surface area contributed by atoms with E-state index in [0.29, 0.717) is 17.1 Å². The number of pyridine rings is 1. The summed E-state index contributed by atoms with van der Waals surface area (Å²) in [5.74, 6) is -0.126. The SMILES string of the molecule is CCC(Br)CNC(=O)c1ccc2ccccc2n1. The van der Waals surface area contributed by atoms with Gasteiger partial charge in [0.05, 0.1) is 5.52 Å². The lowest BCUT2D eigenvalue weighted by Gasteiger charge is -2.08. The Morgan fingerprint density at radius 3 is 2.89 bits per heavy atom. The molecular weight excluding hydrogens is 292 g/mol. The first-order valence-electron chi connectivity index (χ1n) is 5.98. The minimum atomic E-state index is -0.126. The van der Waals surface area contributed by atoms with Gasteiger partial charge in [-0.2, -0.15) is 0 Å². The molecule has 1 N–H and O–H groups in total. The molecule has 4 heteroatoms. The molecule has 1 atom stereocenters. The average molecular weight is 307 g/mol. The smallest absolute Gasteiger partial charge is 0.269 e. The van der Waals surface area contributed by atoms with Crippen LogP contribution in [0, 0.1) is 0 Å². The van der Waals surface area contributed by atoms with Gasteiger partial charge in [0.25, 0.3) is 5.91 Å². The predicted molar refractivity (Wildman–Crippen MR) is 77.1 cm³/mol. The van der Waals surface area contributed by atoms with Crippen LogP contribution in [0.1, 0.15) is 23.8 Å². The van der Waals surface area contributed by atoms with E-state index in [9.17, 15) is 4.79 Å². The predicted octanol–water partition coefficient (Wildman–Crippen LogP) is 3.14. The summed E-state index contributed by atoms with van der Waals surface area (Å²) in [5.41, 5.74) is 1.31. The van der Waals surface area contributed by atoms with Crippen molar-refractivity contribution in [1.82, 2.24) is 10.3 Å². The summed E-state index contributed by atoms with van der Waals surface area (Å²) in [6, 6.07) is 11.4. The molecule has 0 saturated carbocycles. The number of carbonyl (C=O) groups excluding carboxylic acids is 1. The van der Waals surface area contributed by atoms with Crippen LogP contribution in [0.15, 0.2) is 36.4 Å². The number of carbonyl (C=O) groups is 1. The first-order valence-corrected chi connectivity index (χ1v) is 6.90. The highest BCUT2D eigenvalue weighted by Crippen LogP contribution is 2.11. The minimum absolute atomic E-state index is 0.126. The van der Waals surface area contributed by atoms with Crippen LogP contribution >= 0.6 is 15.9 Å². The maximum atomic E-state index is 11.9. The number of halogens is 1. The van der Waals surface area contributed by atoms with Crippen molar-refractivity contribution in [1.29, 1.82) is 0 Å². The Labute approximate surface area is 115 Å². The van der Waals surface area contributed by atoms with Crippen molar-refractivity contribution < 1.29 is 4.79 Å². The van der Waals surface area contributed by atoms with E-state index in [2.05, 4.69) is 33.2 Å². The molecule has 0 aliphatic carbocycles. The van der Waals surface area contributed by atoms with Crippen LogP contribution in [0.4, 0.5) is 0 Å². The molecule has 1 amide bonds. The Morgan fingerprint density at radius 2 is 2.11 bits per heavy atom. The average Bonchev–Trinajstić information content (AvgIpc) is 2.43. The van der Waals surface area contributed by atoms with Crippen molar-refractivity contribution >= 4 is 32.7 Å². The fourth-order valence-electron chi connectivity index (χ4n) is 1.63. The van der Waals surface area contributed by atoms with Crippen molar-refractivity contribution in [2.45, 2.75) is 18.2 Å². The molecule has 94 valence electrons. The van der Waals surface area contributed by atoms with Crippen LogP contribution in [0.2, 0.25) is 0 Å². The fourth-order valence-corrected chi connectivity index (χ4v) is 1.79. The van der Waals surface area contributed by atoms with Crippen LogP contribution < -0.4 is 5.32 Å². The second-order valence-corrected chi connectivity index (χ2v) is 5.40. The molecule has 0 spiro atoms. The van der Waals surface area contributed by atoms with Gasteiger partial charge in [-0.15, -0.1) is 0 Å². The van der Waals surface area contributed by atoms with Crippen molar-refractivity contribution in [3.05, 3.63) is 42.1 Å². The van der Waals surface area contributed by atoms with Crippen LogP contribution in [0.3, 0.4) is 0 Å². The van der Waals surface area contributed by atoms with Crippen LogP contribution in [-0.2, 0) is 0 Å². The second-order valence-electron chi connectivity index (χ2n) is 4.10. The highest BCUT2D eigenvalue weighted by molar-refractivity contribution is 9.09. The summed E-state index contributed by atoms with van der Waals surface area (Å²) in [7, 11) is 0. The van der Waals surface area contributed by atoms with Crippen molar-refractivity contribution in [2.24, 2.45) is 0 Å². The lowest BCUT2D eigenvalue weighted by Crippen LogP contribution is -2.29. The van der Waals surface area contributed by atoms with E-state index < -0.39 is 0 Å². The van der Waals surface area contributed by atoms with E-state index in [1.54, 1.807) is 6.07 Å². The summed E-state index contributed by atoms with van der Waals surface area (Å²) in [5, 5.41) is 3.91. The summed E-state index contributed by atoms with van der Waals surface area (Å²) >= 11 is 3.48. The highest BCUT2D eigenvalue weighted by Gasteiger charge is 2.09. The van der Waals surface area contributed by atoms with Gasteiger partial charge in [0.1, 0.15) is 5.69 Å². The van der Waals surface area contributed by atoms with Gasteiger partial charge < -0.3 is 5.32 Å². The number of fused-ring (bicyclic) bond motifs is 1. The number of rotatable bonds is 4. The number of amides is 1. The zero-order chi connectivity index (χ0) is 13.0. The van der Waals surface area contributed by atoms with Crippen molar-refractivity contribution in [3.63, 3.8) is 0 Å². The number of hydrogen-bond donors (Lipinski definition) is 1. The third kappa shape index (κ3) is 3.07. The molecule has 0 aliphatic rings. The third-order valence-electron chi connectivity index (χ3n) is 2.76. The van der Waals surface area contributed by atoms with Gasteiger partial charge in [-0.1, -0.05) is 47.1 Å². The highest BCUT2D eigenvalue weighted by atomic mass is 79.9. The summed E-state index contributed by atoms with van der Waals surface area (Å²) in [6.07, 6.45) is 0.978. The Morgan fingerprint density at radius 1 is 1.33 bits per heavy atom. The van der Waals surface area contributed by atoms with E-state index in [0.717, 1.165) is 17.3 Å². The zero-order valence-corrected chi connectivity index (χ0v) is 11.8. The van der Waals surface area contributed by atoms with E-state index in [1.807, 2.05) is 30.3 Å². The summed E-state index contributed by atoms with van der Waals surface area (Å²) in [4.78, 5) is 16.6. The van der Waals surface area contributed by atoms with Crippen molar-refractivity contribution in [3.8, 4) is 0 Å². The summed E-state index contributed by atoms with van der Waals surface area (Å²) in [6.45, 7) is 2.68. The van der Waals surface area contributed by atoms with E-state index in [1.165, 1.54) is 0 Å². The van der Waals surface area contributed by atoms with Crippen LogP contribution in [0.25, 0.3) is 10.9 Å². The molecule has 2 rings (SSSR count). The number of nitrogens with zero attached hydrogens (tertiary/aromatic N) is 1. The molecule has 3 nitrogen and oxygen atoms in total. The van der Waals surface area contributed by atoms with Gasteiger partial charge in [-0.05, 0) is 18.6 Å². The molecule has 0 radical (unpaired) electrons. The first kappa shape index (κ1) is 13.0. The van der Waals surface area contributed by atoms with Crippen LogP contribution in [0.5, 0.6) is 0 Å². The molecule has 1 unspecified atom stereocenters. The third-order valence-corrected chi connectivity index (χ3v) is 3.73. The lowest BCUT2D eigenvalue weighted by atomic mass is 10.2. The van der Waals surface area contributed by atoms with Gasteiger partial charge >= 0.3 is 0 Å². The molecule has 0 fully saturated rings. The quantitative estimate of drug-likeness (QED) is 0.882. The zero-order valence-electron chi connectivity index (χ0n) is 10.2. The lowest BCUT2D eigenvalue weighted by molar-refractivity contribution is 0.0949. The molecule has 1 aromatic carbocycles. The van der Waals surface area contributed by atoms with Crippen molar-refractivity contribution in [2.75, 3.05) is 6.54 Å². The molecule has 0 saturated heterocycles. The topological polar surface area (TPSA) is 42.0 Å². The van der Waals surface area contributed by atoms with E-state index in [4.69, 9.17) is 0 Å². The molecule has 1 aromatic heterocycles. The largest absolute Gasteiger partial charge is 0.350 e. The van der Waals surface area contributed by atoms with Gasteiger partial charge in [-0.3, -0.25) is 4.79 Å². The monoisotopic (exact) mass is 306 g/mol. The Balaban J connectivity index is 2.13. The fraction of sp³-hybridized carbons (Fsp3) is 0.286. The molecule has 18 heavy (non-hydrogen) atoms. The maximum absolute atomic E-state index is 11.9. The van der Waals surface area contributed by atoms with Crippen LogP contribution in [-0.4, -0.2) is 22.3 Å². The molecule has 0 aliphatic heterocycles. The molecule has 2 aromatic rings. The standard InChI is InChI=1S/C14H15BrN2O/c1-2-11(15)9-16-14(18)13-8-7-10-5-3-4-6-12(10)17-13/h3-8,11H,2,9H2,1H3,(H,16,18). The molecular formula is C14H15BrN2O. The number of benzene rings is 1. The van der Waals surface area contributed by atoms with Gasteiger partial charge in [-0.25, -0.2) is 4.98 Å². The Hall–Kier alpha value is -1.42. The van der Waals surface area contributed by atoms with E-state index in [-0.39, 0.29) is 5.91 Å². The Bertz CT molecular complexity index is 556. The number of para-hydroxylation sites is 1. The normalized spacial score (nSPS) is 12.3. The molecule has 1 heterocycles. The van der Waals surface area contributed by atoms with Gasteiger partial charge in [0.15, 0.2) is 0 Å². The second kappa shape index (κ2) is 5.96. The van der Waals surface area contributed by atoms with E-state index >= 15 is 0 Å². The maximum Gasteiger partial charge on any atom is 0.269 e. The summed E-state index contributed by atoms with van der Waals surface area (Å²) < 4.78 is 0. The molecule has 0 bridgehead atoms.